The normalized spacial score (nSPS) is 16.4. The van der Waals surface area contributed by atoms with Gasteiger partial charge in [-0.25, -0.2) is 13.8 Å². The highest BCUT2D eigenvalue weighted by molar-refractivity contribution is 5.80. The minimum absolute atomic E-state index is 0.143. The first kappa shape index (κ1) is 22.0. The van der Waals surface area contributed by atoms with Gasteiger partial charge >= 0.3 is 0 Å². The summed E-state index contributed by atoms with van der Waals surface area (Å²) in [5.74, 6) is 0.533. The molecule has 30 heavy (non-hydrogen) atoms. The first-order valence-electron chi connectivity index (χ1n) is 10.6. The molecular formula is C23H31F2N5. The molecule has 7 heteroatoms. The highest BCUT2D eigenvalue weighted by Crippen LogP contribution is 2.21. The molecule has 5 nitrogen and oxygen atoms in total. The molecule has 1 fully saturated rings. The zero-order chi connectivity index (χ0) is 21.5. The third-order valence-corrected chi connectivity index (χ3v) is 5.42. The highest BCUT2D eigenvalue weighted by Gasteiger charge is 2.21. The predicted molar refractivity (Wildman–Crippen MR) is 118 cm³/mol. The average molecular weight is 416 g/mol. The Kier molecular flexibility index (Phi) is 7.60. The van der Waals surface area contributed by atoms with Crippen LogP contribution in [0.25, 0.3) is 0 Å². The lowest BCUT2D eigenvalue weighted by atomic mass is 10.0. The van der Waals surface area contributed by atoms with Crippen LogP contribution < -0.4 is 15.5 Å². The zero-order valence-corrected chi connectivity index (χ0v) is 18.0. The van der Waals surface area contributed by atoms with E-state index >= 15 is 0 Å². The summed E-state index contributed by atoms with van der Waals surface area (Å²) in [5.41, 5.74) is 1.64. The molecule has 1 saturated heterocycles. The molecule has 2 N–H and O–H groups in total. The van der Waals surface area contributed by atoms with Crippen molar-refractivity contribution in [3.63, 3.8) is 0 Å². The minimum atomic E-state index is -0.561. The Morgan fingerprint density at radius 2 is 2.00 bits per heavy atom. The van der Waals surface area contributed by atoms with E-state index in [9.17, 15) is 8.78 Å². The summed E-state index contributed by atoms with van der Waals surface area (Å²) in [5, 5.41) is 6.78. The average Bonchev–Trinajstić information content (AvgIpc) is 2.73. The van der Waals surface area contributed by atoms with Gasteiger partial charge in [-0.2, -0.15) is 0 Å². The van der Waals surface area contributed by atoms with E-state index in [1.165, 1.54) is 12.1 Å². The third-order valence-electron chi connectivity index (χ3n) is 5.42. The molecule has 0 amide bonds. The van der Waals surface area contributed by atoms with Crippen LogP contribution in [0.1, 0.15) is 43.7 Å². The number of rotatable bonds is 6. The van der Waals surface area contributed by atoms with Gasteiger partial charge < -0.3 is 15.5 Å². The molecule has 0 bridgehead atoms. The molecule has 0 spiro atoms. The summed E-state index contributed by atoms with van der Waals surface area (Å²) in [7, 11) is 0. The summed E-state index contributed by atoms with van der Waals surface area (Å²) in [6.07, 6.45) is 3.88. The van der Waals surface area contributed by atoms with Crippen molar-refractivity contribution in [1.29, 1.82) is 0 Å². The van der Waals surface area contributed by atoms with E-state index in [1.807, 2.05) is 27.0 Å². The third kappa shape index (κ3) is 5.90. The molecule has 1 unspecified atom stereocenters. The second-order valence-corrected chi connectivity index (χ2v) is 7.89. The van der Waals surface area contributed by atoms with Crippen LogP contribution in [-0.2, 0) is 0 Å². The largest absolute Gasteiger partial charge is 0.357 e. The summed E-state index contributed by atoms with van der Waals surface area (Å²) in [4.78, 5) is 11.5. The van der Waals surface area contributed by atoms with Crippen LogP contribution in [0.5, 0.6) is 0 Å². The van der Waals surface area contributed by atoms with E-state index in [2.05, 4.69) is 37.6 Å². The lowest BCUT2D eigenvalue weighted by Gasteiger charge is -2.34. The summed E-state index contributed by atoms with van der Waals surface area (Å²) in [6, 6.07) is 8.20. The van der Waals surface area contributed by atoms with Gasteiger partial charge in [-0.3, -0.25) is 4.99 Å². The fraction of sp³-hybridized carbons (Fsp3) is 0.478. The molecule has 1 aliphatic rings. The lowest BCUT2D eigenvalue weighted by Crippen LogP contribution is -2.49. The molecular weight excluding hydrogens is 384 g/mol. The van der Waals surface area contributed by atoms with Crippen molar-refractivity contribution in [2.45, 2.75) is 45.6 Å². The Labute approximate surface area is 177 Å². The molecule has 2 heterocycles. The van der Waals surface area contributed by atoms with Gasteiger partial charge in [0, 0.05) is 50.4 Å². The SMILES string of the molecule is CCNC(=NCC(C)c1ccc(F)cc1F)NC1CCN(c2ccc(C)cn2)CC1. The first-order chi connectivity index (χ1) is 14.5. The molecule has 1 aromatic heterocycles. The van der Waals surface area contributed by atoms with Crippen molar-refractivity contribution in [1.82, 2.24) is 15.6 Å². The monoisotopic (exact) mass is 415 g/mol. The quantitative estimate of drug-likeness (QED) is 0.553. The number of pyridine rings is 1. The fourth-order valence-electron chi connectivity index (χ4n) is 3.64. The highest BCUT2D eigenvalue weighted by atomic mass is 19.1. The van der Waals surface area contributed by atoms with Crippen molar-refractivity contribution in [3.05, 3.63) is 59.3 Å². The van der Waals surface area contributed by atoms with Gasteiger partial charge in [-0.1, -0.05) is 19.1 Å². The smallest absolute Gasteiger partial charge is 0.191 e. The molecule has 0 saturated carbocycles. The number of aliphatic imine (C=N–C) groups is 1. The van der Waals surface area contributed by atoms with Gasteiger partial charge in [0.2, 0.25) is 0 Å². The maximum Gasteiger partial charge on any atom is 0.191 e. The molecule has 1 atom stereocenters. The molecule has 1 aromatic carbocycles. The number of piperidine rings is 1. The van der Waals surface area contributed by atoms with E-state index in [1.54, 1.807) is 0 Å². The van der Waals surface area contributed by atoms with Gasteiger partial charge in [0.25, 0.3) is 0 Å². The number of hydrogen-bond donors (Lipinski definition) is 2. The summed E-state index contributed by atoms with van der Waals surface area (Å²) < 4.78 is 27.2. The standard InChI is InChI=1S/C23H31F2N5/c1-4-26-23(28-15-17(3)20-7-6-18(24)13-21(20)25)29-19-9-11-30(12-10-19)22-8-5-16(2)14-27-22/h5-8,13-14,17,19H,4,9-12,15H2,1-3H3,(H2,26,28,29). The van der Waals surface area contributed by atoms with Crippen molar-refractivity contribution in [2.24, 2.45) is 4.99 Å². The van der Waals surface area contributed by atoms with Gasteiger partial charge in [-0.15, -0.1) is 0 Å². The van der Waals surface area contributed by atoms with E-state index in [-0.39, 0.29) is 5.92 Å². The van der Waals surface area contributed by atoms with Gasteiger partial charge in [0.15, 0.2) is 5.96 Å². The summed E-state index contributed by atoms with van der Waals surface area (Å²) in [6.45, 7) is 9.00. The lowest BCUT2D eigenvalue weighted by molar-refractivity contribution is 0.459. The Hall–Kier alpha value is -2.70. The molecule has 162 valence electrons. The number of guanidine groups is 1. The maximum absolute atomic E-state index is 14.0. The van der Waals surface area contributed by atoms with Crippen molar-refractivity contribution in [2.75, 3.05) is 31.1 Å². The Balaban J connectivity index is 1.55. The van der Waals surface area contributed by atoms with Crippen LogP contribution in [0.3, 0.4) is 0 Å². The van der Waals surface area contributed by atoms with Crippen molar-refractivity contribution < 1.29 is 8.78 Å². The number of nitrogens with one attached hydrogen (secondary N) is 2. The Morgan fingerprint density at radius 1 is 1.23 bits per heavy atom. The van der Waals surface area contributed by atoms with Crippen LogP contribution in [0, 0.1) is 18.6 Å². The fourth-order valence-corrected chi connectivity index (χ4v) is 3.64. The van der Waals surface area contributed by atoms with Gasteiger partial charge in [0.1, 0.15) is 17.5 Å². The van der Waals surface area contributed by atoms with Gasteiger partial charge in [-0.05, 0) is 49.9 Å². The van der Waals surface area contributed by atoms with E-state index in [4.69, 9.17) is 0 Å². The van der Waals surface area contributed by atoms with Gasteiger partial charge in [0.05, 0.1) is 0 Å². The van der Waals surface area contributed by atoms with Crippen LogP contribution in [0.4, 0.5) is 14.6 Å². The van der Waals surface area contributed by atoms with Crippen LogP contribution in [0.2, 0.25) is 0 Å². The Morgan fingerprint density at radius 3 is 2.63 bits per heavy atom. The molecule has 0 aliphatic carbocycles. The minimum Gasteiger partial charge on any atom is -0.357 e. The number of benzene rings is 1. The predicted octanol–water partition coefficient (Wildman–Crippen LogP) is 4.00. The van der Waals surface area contributed by atoms with E-state index in [0.717, 1.165) is 55.9 Å². The van der Waals surface area contributed by atoms with Crippen LogP contribution in [0.15, 0.2) is 41.5 Å². The number of hydrogen-bond acceptors (Lipinski definition) is 3. The Bertz CT molecular complexity index is 845. The zero-order valence-electron chi connectivity index (χ0n) is 18.0. The number of aromatic nitrogens is 1. The number of anilines is 1. The summed E-state index contributed by atoms with van der Waals surface area (Å²) >= 11 is 0. The molecule has 3 rings (SSSR count). The number of halogens is 2. The van der Waals surface area contributed by atoms with Crippen LogP contribution in [-0.4, -0.2) is 43.2 Å². The molecule has 1 aliphatic heterocycles. The second-order valence-electron chi connectivity index (χ2n) is 7.89. The first-order valence-corrected chi connectivity index (χ1v) is 10.6. The second kappa shape index (κ2) is 10.4. The number of aryl methyl sites for hydroxylation is 1. The number of nitrogens with zero attached hydrogens (tertiary/aromatic N) is 3. The molecule has 2 aromatic rings. The van der Waals surface area contributed by atoms with Crippen molar-refractivity contribution in [3.8, 4) is 0 Å². The molecule has 0 radical (unpaired) electrons. The van der Waals surface area contributed by atoms with Crippen LogP contribution >= 0.6 is 0 Å². The van der Waals surface area contributed by atoms with E-state index in [0.29, 0.717) is 18.2 Å². The topological polar surface area (TPSA) is 52.6 Å². The van der Waals surface area contributed by atoms with E-state index < -0.39 is 11.6 Å². The van der Waals surface area contributed by atoms with Crippen molar-refractivity contribution >= 4 is 11.8 Å². The maximum atomic E-state index is 14.0.